The Kier molecular flexibility index (Phi) is 4.68. The number of aryl methyl sites for hydroxylation is 2. The predicted octanol–water partition coefficient (Wildman–Crippen LogP) is 3.95. The van der Waals surface area contributed by atoms with Crippen LogP contribution < -0.4 is 5.32 Å². The van der Waals surface area contributed by atoms with Gasteiger partial charge in [0.2, 0.25) is 0 Å². The maximum atomic E-state index is 11.9. The van der Waals surface area contributed by atoms with Crippen molar-refractivity contribution in [1.29, 1.82) is 0 Å². The fourth-order valence-electron chi connectivity index (χ4n) is 1.97. The van der Waals surface area contributed by atoms with Crippen molar-refractivity contribution in [3.8, 4) is 0 Å². The largest absolute Gasteiger partial charge is 0.321 e. The third-order valence-electron chi connectivity index (χ3n) is 2.95. The summed E-state index contributed by atoms with van der Waals surface area (Å²) in [4.78, 5) is 25.8. The highest BCUT2D eigenvalue weighted by Crippen LogP contribution is 2.26. The molecule has 0 bridgehead atoms. The molecule has 0 fully saturated rings. The van der Waals surface area contributed by atoms with Crippen LogP contribution in [-0.4, -0.2) is 20.9 Å². The maximum Gasteiger partial charge on any atom is 0.275 e. The lowest BCUT2D eigenvalue weighted by molar-refractivity contribution is 0.102. The van der Waals surface area contributed by atoms with E-state index in [9.17, 15) is 4.79 Å². The van der Waals surface area contributed by atoms with Crippen molar-refractivity contribution >= 4 is 34.7 Å². The van der Waals surface area contributed by atoms with Crippen LogP contribution in [0.15, 0.2) is 51.3 Å². The Labute approximate surface area is 142 Å². The molecule has 23 heavy (non-hydrogen) atoms. The minimum Gasteiger partial charge on any atom is -0.321 e. The van der Waals surface area contributed by atoms with Gasteiger partial charge in [0.1, 0.15) is 5.69 Å². The van der Waals surface area contributed by atoms with E-state index in [1.54, 1.807) is 10.9 Å². The molecule has 0 unspecified atom stereocenters. The molecule has 7 heteroatoms. The lowest BCUT2D eigenvalue weighted by Crippen LogP contribution is -2.11. The lowest BCUT2D eigenvalue weighted by Gasteiger charge is -2.06. The summed E-state index contributed by atoms with van der Waals surface area (Å²) >= 11 is 2.89. The summed E-state index contributed by atoms with van der Waals surface area (Å²) in [6.45, 7) is 3.91. The number of thiazole rings is 1. The van der Waals surface area contributed by atoms with Gasteiger partial charge in [-0.15, -0.1) is 11.3 Å². The van der Waals surface area contributed by atoms with Crippen molar-refractivity contribution in [3.05, 3.63) is 58.3 Å². The monoisotopic (exact) mass is 342 g/mol. The second-order valence-electron chi connectivity index (χ2n) is 4.89. The van der Waals surface area contributed by atoms with E-state index in [0.717, 1.165) is 27.1 Å². The molecule has 0 aliphatic rings. The van der Waals surface area contributed by atoms with Crippen LogP contribution in [0.1, 0.15) is 21.9 Å². The number of hydrogen-bond acceptors (Lipinski definition) is 6. The quantitative estimate of drug-likeness (QED) is 0.727. The molecule has 0 atom stereocenters. The third-order valence-corrected chi connectivity index (χ3v) is 4.41. The second-order valence-corrected chi connectivity index (χ2v) is 6.65. The van der Waals surface area contributed by atoms with E-state index in [0.29, 0.717) is 5.69 Å². The first kappa shape index (κ1) is 15.6. The topological polar surface area (TPSA) is 67.8 Å². The van der Waals surface area contributed by atoms with Crippen LogP contribution in [-0.2, 0) is 0 Å². The van der Waals surface area contributed by atoms with E-state index >= 15 is 0 Å². The van der Waals surface area contributed by atoms with Crippen molar-refractivity contribution in [2.45, 2.75) is 23.9 Å². The Morgan fingerprint density at radius 3 is 2.43 bits per heavy atom. The summed E-state index contributed by atoms with van der Waals surface area (Å²) < 4.78 is 0. The van der Waals surface area contributed by atoms with Crippen LogP contribution in [0.2, 0.25) is 0 Å². The van der Waals surface area contributed by atoms with Gasteiger partial charge in [-0.1, -0.05) is 0 Å². The number of rotatable bonds is 4. The molecule has 0 aliphatic heterocycles. The number of nitrogens with zero attached hydrogens (tertiary/aromatic N) is 3. The molecule has 1 aromatic carbocycles. The van der Waals surface area contributed by atoms with E-state index in [4.69, 9.17) is 0 Å². The average molecular weight is 342 g/mol. The molecule has 0 radical (unpaired) electrons. The molecule has 3 rings (SSSR count). The Balaban J connectivity index is 1.68. The highest BCUT2D eigenvalue weighted by Gasteiger charge is 2.08. The molecule has 0 saturated carbocycles. The first-order chi connectivity index (χ1) is 11.1. The number of anilines is 1. The standard InChI is InChI=1S/C16H14N4OS2/c1-10-7-11(2)19-16(18-10)23-13-5-3-12(4-6-13)20-15(21)14-8-22-9-17-14/h3-9H,1-2H3,(H,20,21). The first-order valence-corrected chi connectivity index (χ1v) is 8.66. The second kappa shape index (κ2) is 6.89. The molecule has 2 aromatic heterocycles. The van der Waals surface area contributed by atoms with Crippen molar-refractivity contribution in [2.24, 2.45) is 0 Å². The Hall–Kier alpha value is -2.25. The molecular weight excluding hydrogens is 328 g/mol. The number of benzene rings is 1. The lowest BCUT2D eigenvalue weighted by atomic mass is 10.3. The summed E-state index contributed by atoms with van der Waals surface area (Å²) in [6.07, 6.45) is 0. The zero-order valence-electron chi connectivity index (χ0n) is 12.6. The van der Waals surface area contributed by atoms with Gasteiger partial charge in [0, 0.05) is 27.4 Å². The van der Waals surface area contributed by atoms with Crippen molar-refractivity contribution in [2.75, 3.05) is 5.32 Å². The fourth-order valence-corrected chi connectivity index (χ4v) is 3.37. The summed E-state index contributed by atoms with van der Waals surface area (Å²) in [5.74, 6) is -0.204. The summed E-state index contributed by atoms with van der Waals surface area (Å²) in [5.41, 5.74) is 4.70. The van der Waals surface area contributed by atoms with Crippen LogP contribution in [0, 0.1) is 13.8 Å². The maximum absolute atomic E-state index is 11.9. The van der Waals surface area contributed by atoms with Gasteiger partial charge in [0.05, 0.1) is 5.51 Å². The molecular formula is C16H14N4OS2. The highest BCUT2D eigenvalue weighted by atomic mass is 32.2. The van der Waals surface area contributed by atoms with E-state index in [-0.39, 0.29) is 5.91 Å². The van der Waals surface area contributed by atoms with Crippen LogP contribution in [0.4, 0.5) is 5.69 Å². The van der Waals surface area contributed by atoms with Crippen LogP contribution in [0.3, 0.4) is 0 Å². The van der Waals surface area contributed by atoms with Crippen LogP contribution in [0.25, 0.3) is 0 Å². The number of hydrogen-bond donors (Lipinski definition) is 1. The van der Waals surface area contributed by atoms with Gasteiger partial charge in [-0.2, -0.15) is 0 Å². The Morgan fingerprint density at radius 2 is 1.83 bits per heavy atom. The van der Waals surface area contributed by atoms with Crippen molar-refractivity contribution < 1.29 is 4.79 Å². The molecule has 0 spiro atoms. The van der Waals surface area contributed by atoms with Gasteiger partial charge < -0.3 is 5.32 Å². The Bertz CT molecular complexity index is 796. The summed E-state index contributed by atoms with van der Waals surface area (Å²) in [5, 5.41) is 5.26. The highest BCUT2D eigenvalue weighted by molar-refractivity contribution is 7.99. The number of amides is 1. The molecule has 0 aliphatic carbocycles. The minimum atomic E-state index is -0.204. The van der Waals surface area contributed by atoms with E-state index in [1.807, 2.05) is 44.2 Å². The van der Waals surface area contributed by atoms with Gasteiger partial charge in [-0.25, -0.2) is 15.0 Å². The zero-order valence-corrected chi connectivity index (χ0v) is 14.2. The Morgan fingerprint density at radius 1 is 1.13 bits per heavy atom. The van der Waals surface area contributed by atoms with E-state index < -0.39 is 0 Å². The molecule has 1 amide bonds. The predicted molar refractivity (Wildman–Crippen MR) is 92.1 cm³/mol. The molecule has 2 heterocycles. The molecule has 5 nitrogen and oxygen atoms in total. The number of carbonyl (C=O) groups is 1. The third kappa shape index (κ3) is 4.14. The number of nitrogens with one attached hydrogen (secondary N) is 1. The molecule has 0 saturated heterocycles. The summed E-state index contributed by atoms with van der Waals surface area (Å²) in [6, 6.07) is 9.52. The molecule has 3 aromatic rings. The van der Waals surface area contributed by atoms with Crippen molar-refractivity contribution in [1.82, 2.24) is 15.0 Å². The van der Waals surface area contributed by atoms with E-state index in [1.165, 1.54) is 23.1 Å². The fraction of sp³-hybridized carbons (Fsp3) is 0.125. The smallest absolute Gasteiger partial charge is 0.275 e. The minimum absolute atomic E-state index is 0.204. The van der Waals surface area contributed by atoms with Gasteiger partial charge in [0.15, 0.2) is 5.16 Å². The van der Waals surface area contributed by atoms with Gasteiger partial charge in [-0.05, 0) is 55.9 Å². The molecule has 116 valence electrons. The van der Waals surface area contributed by atoms with Crippen molar-refractivity contribution in [3.63, 3.8) is 0 Å². The van der Waals surface area contributed by atoms with Gasteiger partial charge >= 0.3 is 0 Å². The van der Waals surface area contributed by atoms with Crippen LogP contribution in [0.5, 0.6) is 0 Å². The normalized spacial score (nSPS) is 10.5. The molecule has 1 N–H and O–H groups in total. The first-order valence-electron chi connectivity index (χ1n) is 6.90. The zero-order chi connectivity index (χ0) is 16.2. The van der Waals surface area contributed by atoms with E-state index in [2.05, 4.69) is 20.3 Å². The van der Waals surface area contributed by atoms with Gasteiger partial charge in [-0.3, -0.25) is 4.79 Å². The number of aromatic nitrogens is 3. The number of carbonyl (C=O) groups excluding carboxylic acids is 1. The van der Waals surface area contributed by atoms with Gasteiger partial charge in [0.25, 0.3) is 5.91 Å². The van der Waals surface area contributed by atoms with Crippen LogP contribution >= 0.6 is 23.1 Å². The summed E-state index contributed by atoms with van der Waals surface area (Å²) in [7, 11) is 0. The average Bonchev–Trinajstić information content (AvgIpc) is 3.02. The SMILES string of the molecule is Cc1cc(C)nc(Sc2ccc(NC(=O)c3cscn3)cc2)n1.